The van der Waals surface area contributed by atoms with Crippen LogP contribution in [-0.4, -0.2) is 42.1 Å². The maximum absolute atomic E-state index is 11.8. The maximum atomic E-state index is 11.8. The van der Waals surface area contributed by atoms with Gasteiger partial charge in [0.05, 0.1) is 17.0 Å². The van der Waals surface area contributed by atoms with Crippen LogP contribution in [0, 0.1) is 5.41 Å². The van der Waals surface area contributed by atoms with E-state index in [1.807, 2.05) is 0 Å². The van der Waals surface area contributed by atoms with Crippen LogP contribution >= 0.6 is 11.6 Å². The van der Waals surface area contributed by atoms with Crippen molar-refractivity contribution < 1.29 is 14.7 Å². The number of hydrogen-bond acceptors (Lipinski definition) is 4. The van der Waals surface area contributed by atoms with Crippen LogP contribution in [0.25, 0.3) is 0 Å². The van der Waals surface area contributed by atoms with Crippen molar-refractivity contribution in [3.8, 4) is 0 Å². The van der Waals surface area contributed by atoms with Crippen LogP contribution in [0.5, 0.6) is 0 Å². The fourth-order valence-corrected chi connectivity index (χ4v) is 1.94. The Morgan fingerprint density at radius 3 is 2.70 bits per heavy atom. The summed E-state index contributed by atoms with van der Waals surface area (Å²) in [6.07, 6.45) is 2.75. The Morgan fingerprint density at radius 1 is 1.50 bits per heavy atom. The number of pyridine rings is 1. The minimum absolute atomic E-state index is 0.115. The highest BCUT2D eigenvalue weighted by Gasteiger charge is 2.50. The molecule has 1 amide bonds. The molecule has 1 aliphatic carbocycles. The number of carboxylic acid groups (broad SMARTS) is 1. The van der Waals surface area contributed by atoms with E-state index < -0.39 is 11.4 Å². The molecule has 1 saturated carbocycles. The molecule has 0 atom stereocenters. The number of rotatable bonds is 6. The number of carboxylic acids is 1. The second-order valence-corrected chi connectivity index (χ2v) is 5.49. The molecule has 0 unspecified atom stereocenters. The first-order valence-electron chi connectivity index (χ1n) is 6.26. The summed E-state index contributed by atoms with van der Waals surface area (Å²) < 4.78 is 0. The summed E-state index contributed by atoms with van der Waals surface area (Å²) in [5, 5.41) is 12.2. The van der Waals surface area contributed by atoms with Crippen molar-refractivity contribution >= 4 is 29.3 Å². The maximum Gasteiger partial charge on any atom is 0.311 e. The number of amides is 1. The summed E-state index contributed by atoms with van der Waals surface area (Å²) in [6.45, 7) is 0.299. The lowest BCUT2D eigenvalue weighted by molar-refractivity contribution is -0.143. The Balaban J connectivity index is 1.82. The van der Waals surface area contributed by atoms with E-state index in [0.717, 1.165) is 0 Å². The number of nitrogens with one attached hydrogen (secondary N) is 1. The van der Waals surface area contributed by atoms with E-state index in [4.69, 9.17) is 16.7 Å². The summed E-state index contributed by atoms with van der Waals surface area (Å²) >= 11 is 5.74. The molecular weight excluding hydrogens is 282 g/mol. The van der Waals surface area contributed by atoms with Crippen molar-refractivity contribution in [3.05, 3.63) is 23.4 Å². The Bertz CT molecular complexity index is 514. The largest absolute Gasteiger partial charge is 0.481 e. The van der Waals surface area contributed by atoms with E-state index in [2.05, 4.69) is 10.3 Å². The molecule has 7 heteroatoms. The van der Waals surface area contributed by atoms with E-state index in [1.54, 1.807) is 24.1 Å². The van der Waals surface area contributed by atoms with Gasteiger partial charge in [-0.2, -0.15) is 0 Å². The average Bonchev–Trinajstić information content (AvgIpc) is 3.18. The van der Waals surface area contributed by atoms with Gasteiger partial charge in [0, 0.05) is 19.8 Å². The first kappa shape index (κ1) is 14.6. The smallest absolute Gasteiger partial charge is 0.311 e. The summed E-state index contributed by atoms with van der Waals surface area (Å²) in [5.74, 6) is -0.439. The third kappa shape index (κ3) is 3.39. The first-order valence-corrected chi connectivity index (χ1v) is 6.63. The number of hydrogen-bond donors (Lipinski definition) is 2. The topological polar surface area (TPSA) is 82.5 Å². The molecule has 0 aliphatic heterocycles. The molecule has 1 heterocycles. The molecule has 0 saturated heterocycles. The van der Waals surface area contributed by atoms with Crippen LogP contribution in [0.3, 0.4) is 0 Å². The van der Waals surface area contributed by atoms with Gasteiger partial charge >= 0.3 is 5.97 Å². The highest BCUT2D eigenvalue weighted by atomic mass is 35.5. The predicted octanol–water partition coefficient (Wildman–Crippen LogP) is 1.15. The molecule has 1 fully saturated rings. The second-order valence-electron chi connectivity index (χ2n) is 5.05. The fraction of sp³-hybridized carbons (Fsp3) is 0.462. The van der Waals surface area contributed by atoms with Crippen LogP contribution < -0.4 is 10.2 Å². The standard InChI is InChI=1S/C13H16ClN3O3/c1-17(10-3-2-9(14)6-15-10)7-11(18)16-8-13(4-5-13)12(19)20/h2-3,6H,4-5,7-8H2,1H3,(H,16,18)(H,19,20). The SMILES string of the molecule is CN(CC(=O)NCC1(C(=O)O)CC1)c1ccc(Cl)cn1. The van der Waals surface area contributed by atoms with Crippen molar-refractivity contribution in [3.63, 3.8) is 0 Å². The molecule has 2 N–H and O–H groups in total. The minimum Gasteiger partial charge on any atom is -0.481 e. The second kappa shape index (κ2) is 5.66. The van der Waals surface area contributed by atoms with Crippen LogP contribution in [-0.2, 0) is 9.59 Å². The van der Waals surface area contributed by atoms with E-state index in [0.29, 0.717) is 23.7 Å². The summed E-state index contributed by atoms with van der Waals surface area (Å²) in [5.41, 5.74) is -0.743. The lowest BCUT2D eigenvalue weighted by Crippen LogP contribution is -2.40. The highest BCUT2D eigenvalue weighted by molar-refractivity contribution is 6.30. The minimum atomic E-state index is -0.842. The molecule has 0 aromatic carbocycles. The zero-order chi connectivity index (χ0) is 14.8. The van der Waals surface area contributed by atoms with E-state index >= 15 is 0 Å². The summed E-state index contributed by atoms with van der Waals surface area (Å²) in [6, 6.07) is 3.41. The third-order valence-corrected chi connectivity index (χ3v) is 3.64. The van der Waals surface area contributed by atoms with E-state index in [9.17, 15) is 9.59 Å². The lowest BCUT2D eigenvalue weighted by Gasteiger charge is -2.18. The van der Waals surface area contributed by atoms with Crippen molar-refractivity contribution in [2.45, 2.75) is 12.8 Å². The number of carbonyl (C=O) groups is 2. The lowest BCUT2D eigenvalue weighted by atomic mass is 10.1. The molecule has 0 radical (unpaired) electrons. The molecule has 0 spiro atoms. The van der Waals surface area contributed by atoms with E-state index in [1.165, 1.54) is 6.20 Å². The van der Waals surface area contributed by atoms with Crippen LogP contribution in [0.1, 0.15) is 12.8 Å². The number of anilines is 1. The molecule has 1 aromatic rings. The van der Waals surface area contributed by atoms with Crippen molar-refractivity contribution in [2.75, 3.05) is 25.0 Å². The molecular formula is C13H16ClN3O3. The van der Waals surface area contributed by atoms with Crippen molar-refractivity contribution in [1.82, 2.24) is 10.3 Å². The zero-order valence-electron chi connectivity index (χ0n) is 11.1. The normalized spacial score (nSPS) is 15.5. The molecule has 6 nitrogen and oxygen atoms in total. The quantitative estimate of drug-likeness (QED) is 0.823. The molecule has 1 aromatic heterocycles. The van der Waals surface area contributed by atoms with Crippen molar-refractivity contribution in [2.24, 2.45) is 5.41 Å². The van der Waals surface area contributed by atoms with Crippen LogP contribution in [0.2, 0.25) is 5.02 Å². The van der Waals surface area contributed by atoms with Gasteiger partial charge < -0.3 is 15.3 Å². The Labute approximate surface area is 121 Å². The monoisotopic (exact) mass is 297 g/mol. The number of halogens is 1. The van der Waals surface area contributed by atoms with Gasteiger partial charge in [-0.25, -0.2) is 4.98 Å². The predicted molar refractivity (Wildman–Crippen MR) is 74.8 cm³/mol. The van der Waals surface area contributed by atoms with Gasteiger partial charge in [-0.3, -0.25) is 9.59 Å². The summed E-state index contributed by atoms with van der Waals surface area (Å²) in [7, 11) is 1.74. The number of likely N-dealkylation sites (N-methyl/N-ethyl adjacent to an activating group) is 1. The van der Waals surface area contributed by atoms with Gasteiger partial charge in [0.2, 0.25) is 5.91 Å². The summed E-state index contributed by atoms with van der Waals surface area (Å²) in [4.78, 5) is 28.6. The third-order valence-electron chi connectivity index (χ3n) is 3.41. The first-order chi connectivity index (χ1) is 9.43. The van der Waals surface area contributed by atoms with Gasteiger partial charge in [-0.1, -0.05) is 11.6 Å². The molecule has 108 valence electrons. The van der Waals surface area contributed by atoms with Gasteiger partial charge in [0.25, 0.3) is 0 Å². The number of aliphatic carboxylic acids is 1. The Hall–Kier alpha value is -1.82. The van der Waals surface area contributed by atoms with Crippen LogP contribution in [0.15, 0.2) is 18.3 Å². The number of nitrogens with zero attached hydrogens (tertiary/aromatic N) is 2. The zero-order valence-corrected chi connectivity index (χ0v) is 11.9. The van der Waals surface area contributed by atoms with Gasteiger partial charge in [0.15, 0.2) is 0 Å². The highest BCUT2D eigenvalue weighted by Crippen LogP contribution is 2.45. The average molecular weight is 298 g/mol. The van der Waals surface area contributed by atoms with Crippen molar-refractivity contribution in [1.29, 1.82) is 0 Å². The van der Waals surface area contributed by atoms with E-state index in [-0.39, 0.29) is 19.0 Å². The number of carbonyl (C=O) groups excluding carboxylic acids is 1. The van der Waals surface area contributed by atoms with Crippen LogP contribution in [0.4, 0.5) is 5.82 Å². The molecule has 2 rings (SSSR count). The van der Waals surface area contributed by atoms with Gasteiger partial charge in [-0.05, 0) is 25.0 Å². The fourth-order valence-electron chi connectivity index (χ4n) is 1.83. The molecule has 1 aliphatic rings. The number of aromatic nitrogens is 1. The van der Waals surface area contributed by atoms with Gasteiger partial charge in [-0.15, -0.1) is 0 Å². The Kier molecular flexibility index (Phi) is 4.13. The van der Waals surface area contributed by atoms with Gasteiger partial charge in [0.1, 0.15) is 5.82 Å². The molecule has 20 heavy (non-hydrogen) atoms. The molecule has 0 bridgehead atoms. The Morgan fingerprint density at radius 2 is 2.20 bits per heavy atom.